The van der Waals surface area contributed by atoms with Crippen LogP contribution in [0.2, 0.25) is 0 Å². The molecule has 0 unspecified atom stereocenters. The van der Waals surface area contributed by atoms with Gasteiger partial charge in [0.05, 0.1) is 0 Å². The highest BCUT2D eigenvalue weighted by Crippen LogP contribution is 1.92. The Kier molecular flexibility index (Phi) is 3.35. The third-order valence-corrected chi connectivity index (χ3v) is 1.80. The molecule has 1 aliphatic heterocycles. The standard InChI is InChI=1S/C7H13N5/c1-9-7(11-6-8)12-4-2-10-3-5-12/h10H,2-5H2,1H3,(H,9,11). The van der Waals surface area contributed by atoms with Crippen LogP contribution in [0.15, 0.2) is 4.99 Å². The van der Waals surface area contributed by atoms with Crippen LogP contribution in [0.1, 0.15) is 0 Å². The summed E-state index contributed by atoms with van der Waals surface area (Å²) in [5.41, 5.74) is 0. The zero-order valence-corrected chi connectivity index (χ0v) is 7.17. The second kappa shape index (κ2) is 4.57. The monoisotopic (exact) mass is 167 g/mol. The Bertz CT molecular complexity index is 198. The van der Waals surface area contributed by atoms with Crippen molar-refractivity contribution >= 4 is 5.96 Å². The van der Waals surface area contributed by atoms with Gasteiger partial charge in [0.1, 0.15) is 0 Å². The SMILES string of the molecule is CN/C(=N\C#N)N1CCNCC1. The molecule has 0 aromatic carbocycles. The summed E-state index contributed by atoms with van der Waals surface area (Å²) in [7, 11) is 1.78. The summed E-state index contributed by atoms with van der Waals surface area (Å²) in [4.78, 5) is 5.73. The van der Waals surface area contributed by atoms with E-state index in [-0.39, 0.29) is 0 Å². The van der Waals surface area contributed by atoms with Crippen LogP contribution in [0.3, 0.4) is 0 Å². The lowest BCUT2D eigenvalue weighted by molar-refractivity contribution is 0.349. The molecular weight excluding hydrogens is 154 g/mol. The van der Waals surface area contributed by atoms with E-state index in [0.717, 1.165) is 26.2 Å². The number of piperazine rings is 1. The Labute approximate surface area is 72.1 Å². The first-order valence-electron chi connectivity index (χ1n) is 3.98. The molecule has 1 fully saturated rings. The van der Waals surface area contributed by atoms with Crippen molar-refractivity contribution in [2.75, 3.05) is 33.2 Å². The van der Waals surface area contributed by atoms with E-state index in [9.17, 15) is 0 Å². The van der Waals surface area contributed by atoms with E-state index in [0.29, 0.717) is 5.96 Å². The van der Waals surface area contributed by atoms with Crippen molar-refractivity contribution in [3.8, 4) is 6.19 Å². The molecular formula is C7H13N5. The van der Waals surface area contributed by atoms with Gasteiger partial charge in [-0.05, 0) is 0 Å². The summed E-state index contributed by atoms with van der Waals surface area (Å²) < 4.78 is 0. The first-order chi connectivity index (χ1) is 5.88. The molecule has 1 saturated heterocycles. The van der Waals surface area contributed by atoms with Crippen molar-refractivity contribution in [2.45, 2.75) is 0 Å². The number of nitriles is 1. The Morgan fingerprint density at radius 2 is 2.25 bits per heavy atom. The topological polar surface area (TPSA) is 63.5 Å². The normalized spacial score (nSPS) is 18.7. The second-order valence-electron chi connectivity index (χ2n) is 2.52. The molecule has 0 radical (unpaired) electrons. The third kappa shape index (κ3) is 2.10. The molecule has 0 saturated carbocycles. The van der Waals surface area contributed by atoms with Gasteiger partial charge in [0.15, 0.2) is 0 Å². The summed E-state index contributed by atoms with van der Waals surface area (Å²) in [5.74, 6) is 0.666. The summed E-state index contributed by atoms with van der Waals surface area (Å²) >= 11 is 0. The number of guanidine groups is 1. The van der Waals surface area contributed by atoms with Crippen LogP contribution in [0, 0.1) is 11.5 Å². The van der Waals surface area contributed by atoms with Gasteiger partial charge in [0, 0.05) is 33.2 Å². The van der Waals surface area contributed by atoms with E-state index in [1.807, 2.05) is 0 Å². The van der Waals surface area contributed by atoms with E-state index in [1.165, 1.54) is 0 Å². The number of hydrogen-bond acceptors (Lipinski definition) is 3. The van der Waals surface area contributed by atoms with Crippen molar-refractivity contribution in [1.29, 1.82) is 5.26 Å². The third-order valence-electron chi connectivity index (χ3n) is 1.80. The average Bonchev–Trinajstić information content (AvgIpc) is 2.15. The molecule has 0 atom stereocenters. The second-order valence-corrected chi connectivity index (χ2v) is 2.52. The molecule has 0 aliphatic carbocycles. The molecule has 5 heteroatoms. The molecule has 5 nitrogen and oxygen atoms in total. The quantitative estimate of drug-likeness (QED) is 0.274. The van der Waals surface area contributed by atoms with E-state index >= 15 is 0 Å². The zero-order valence-electron chi connectivity index (χ0n) is 7.17. The van der Waals surface area contributed by atoms with Gasteiger partial charge >= 0.3 is 0 Å². The Morgan fingerprint density at radius 3 is 2.75 bits per heavy atom. The minimum absolute atomic E-state index is 0.666. The van der Waals surface area contributed by atoms with Gasteiger partial charge in [-0.25, -0.2) is 0 Å². The fourth-order valence-corrected chi connectivity index (χ4v) is 1.21. The Morgan fingerprint density at radius 1 is 1.58 bits per heavy atom. The van der Waals surface area contributed by atoms with Crippen LogP contribution in [0.4, 0.5) is 0 Å². The van der Waals surface area contributed by atoms with Crippen molar-refractivity contribution in [3.63, 3.8) is 0 Å². The number of rotatable bonds is 0. The fourth-order valence-electron chi connectivity index (χ4n) is 1.21. The average molecular weight is 167 g/mol. The molecule has 0 amide bonds. The largest absolute Gasteiger partial charge is 0.358 e. The molecule has 1 aliphatic rings. The fraction of sp³-hybridized carbons (Fsp3) is 0.714. The van der Waals surface area contributed by atoms with Gasteiger partial charge in [-0.3, -0.25) is 0 Å². The van der Waals surface area contributed by atoms with Crippen molar-refractivity contribution in [3.05, 3.63) is 0 Å². The number of nitrogens with one attached hydrogen (secondary N) is 2. The van der Waals surface area contributed by atoms with Crippen molar-refractivity contribution in [2.24, 2.45) is 4.99 Å². The molecule has 0 spiro atoms. The van der Waals surface area contributed by atoms with Crippen LogP contribution in [0.25, 0.3) is 0 Å². The van der Waals surface area contributed by atoms with Crippen LogP contribution >= 0.6 is 0 Å². The van der Waals surface area contributed by atoms with Crippen LogP contribution in [-0.2, 0) is 0 Å². The van der Waals surface area contributed by atoms with Crippen molar-refractivity contribution in [1.82, 2.24) is 15.5 Å². The number of aliphatic imine (C=N–C) groups is 1. The molecule has 2 N–H and O–H groups in total. The minimum Gasteiger partial charge on any atom is -0.358 e. The van der Waals surface area contributed by atoms with Gasteiger partial charge < -0.3 is 15.5 Å². The predicted molar refractivity (Wildman–Crippen MR) is 46.6 cm³/mol. The Hall–Kier alpha value is -1.28. The highest BCUT2D eigenvalue weighted by Gasteiger charge is 2.12. The highest BCUT2D eigenvalue weighted by molar-refractivity contribution is 5.80. The van der Waals surface area contributed by atoms with Gasteiger partial charge in [0.25, 0.3) is 0 Å². The van der Waals surface area contributed by atoms with Crippen LogP contribution in [0.5, 0.6) is 0 Å². The first-order valence-corrected chi connectivity index (χ1v) is 3.98. The highest BCUT2D eigenvalue weighted by atomic mass is 15.3. The summed E-state index contributed by atoms with van der Waals surface area (Å²) in [6.45, 7) is 3.71. The zero-order chi connectivity index (χ0) is 8.81. The maximum absolute atomic E-state index is 8.38. The van der Waals surface area contributed by atoms with Gasteiger partial charge in [-0.15, -0.1) is 4.99 Å². The number of hydrogen-bond donors (Lipinski definition) is 2. The molecule has 1 heterocycles. The summed E-state index contributed by atoms with van der Waals surface area (Å²) in [5, 5.41) is 14.5. The van der Waals surface area contributed by atoms with Crippen LogP contribution < -0.4 is 10.6 Å². The molecule has 66 valence electrons. The number of nitrogens with zero attached hydrogens (tertiary/aromatic N) is 3. The van der Waals surface area contributed by atoms with Gasteiger partial charge in [-0.1, -0.05) is 0 Å². The molecule has 0 bridgehead atoms. The predicted octanol–water partition coefficient (Wildman–Crippen LogP) is -1.05. The lowest BCUT2D eigenvalue weighted by atomic mass is 10.4. The summed E-state index contributed by atoms with van der Waals surface area (Å²) in [6, 6.07) is 0. The molecule has 12 heavy (non-hydrogen) atoms. The lowest BCUT2D eigenvalue weighted by Gasteiger charge is -2.29. The minimum atomic E-state index is 0.666. The smallest absolute Gasteiger partial charge is 0.209 e. The molecule has 0 aromatic heterocycles. The first kappa shape index (κ1) is 8.81. The molecule has 1 rings (SSSR count). The van der Waals surface area contributed by atoms with Gasteiger partial charge in [-0.2, -0.15) is 5.26 Å². The van der Waals surface area contributed by atoms with E-state index < -0.39 is 0 Å². The van der Waals surface area contributed by atoms with E-state index in [2.05, 4.69) is 20.5 Å². The Balaban J connectivity index is 2.53. The van der Waals surface area contributed by atoms with E-state index in [4.69, 9.17) is 5.26 Å². The van der Waals surface area contributed by atoms with Crippen molar-refractivity contribution < 1.29 is 0 Å². The maximum atomic E-state index is 8.38. The summed E-state index contributed by atoms with van der Waals surface area (Å²) in [6.07, 6.45) is 1.78. The lowest BCUT2D eigenvalue weighted by Crippen LogP contribution is -2.50. The van der Waals surface area contributed by atoms with Gasteiger partial charge in [0.2, 0.25) is 12.2 Å². The van der Waals surface area contributed by atoms with E-state index in [1.54, 1.807) is 13.2 Å². The maximum Gasteiger partial charge on any atom is 0.209 e. The molecule has 0 aromatic rings. The van der Waals surface area contributed by atoms with Crippen LogP contribution in [-0.4, -0.2) is 44.1 Å².